The Kier molecular flexibility index (Phi) is 9.72. The van der Waals surface area contributed by atoms with Crippen molar-refractivity contribution in [3.05, 3.63) is 54.1 Å². The van der Waals surface area contributed by atoms with Gasteiger partial charge in [-0.05, 0) is 36.6 Å². The third-order valence-electron chi connectivity index (χ3n) is 4.76. The molecule has 0 spiro atoms. The van der Waals surface area contributed by atoms with E-state index in [2.05, 4.69) is 21.7 Å². The fourth-order valence-electron chi connectivity index (χ4n) is 3.29. The third-order valence-corrected chi connectivity index (χ3v) is 4.76. The summed E-state index contributed by atoms with van der Waals surface area (Å²) in [5.41, 5.74) is 1.99. The van der Waals surface area contributed by atoms with Crippen LogP contribution < -0.4 is 25.0 Å². The van der Waals surface area contributed by atoms with Crippen molar-refractivity contribution in [3.8, 4) is 11.5 Å². The Labute approximate surface area is 194 Å². The number of hydrogen-bond acceptors (Lipinski definition) is 4. The van der Waals surface area contributed by atoms with Crippen molar-refractivity contribution >= 4 is 41.5 Å². The van der Waals surface area contributed by atoms with Crippen LogP contribution in [0.2, 0.25) is 0 Å². The number of para-hydroxylation sites is 3. The Hall–Kier alpha value is -2.49. The maximum absolute atomic E-state index is 12.2. The van der Waals surface area contributed by atoms with Gasteiger partial charge in [-0.1, -0.05) is 30.3 Å². The molecule has 0 fully saturated rings. The highest BCUT2D eigenvalue weighted by molar-refractivity contribution is 14.0. The smallest absolute Gasteiger partial charge is 0.265 e. The summed E-state index contributed by atoms with van der Waals surface area (Å²) < 4.78 is 10.9. The number of hydrogen-bond donors (Lipinski definition) is 2. The number of anilines is 1. The molecular formula is C22H29IN4O3. The van der Waals surface area contributed by atoms with E-state index >= 15 is 0 Å². The predicted molar refractivity (Wildman–Crippen MR) is 130 cm³/mol. The van der Waals surface area contributed by atoms with Crippen LogP contribution >= 0.6 is 24.0 Å². The van der Waals surface area contributed by atoms with Crippen LogP contribution in [0.15, 0.2) is 53.5 Å². The number of rotatable bonds is 8. The summed E-state index contributed by atoms with van der Waals surface area (Å²) in [6.07, 6.45) is 1.64. The van der Waals surface area contributed by atoms with Crippen molar-refractivity contribution in [3.63, 3.8) is 0 Å². The summed E-state index contributed by atoms with van der Waals surface area (Å²) in [5.74, 6) is 2.39. The first-order chi connectivity index (χ1) is 14.2. The Balaban J connectivity index is 0.00000320. The van der Waals surface area contributed by atoms with E-state index < -0.39 is 0 Å². The minimum absolute atomic E-state index is 0. The summed E-state index contributed by atoms with van der Waals surface area (Å²) in [5, 5.41) is 6.62. The van der Waals surface area contributed by atoms with Gasteiger partial charge in [-0.2, -0.15) is 0 Å². The predicted octanol–water partition coefficient (Wildman–Crippen LogP) is 2.84. The number of carbonyl (C=O) groups excluding carboxylic acids is 1. The Morgan fingerprint density at radius 1 is 1.13 bits per heavy atom. The van der Waals surface area contributed by atoms with Crippen molar-refractivity contribution in [2.45, 2.75) is 12.8 Å². The Bertz CT molecular complexity index is 860. The number of nitrogens with one attached hydrogen (secondary N) is 2. The minimum Gasteiger partial charge on any atom is -0.496 e. The molecule has 1 amide bonds. The van der Waals surface area contributed by atoms with E-state index in [9.17, 15) is 4.79 Å². The normalized spacial score (nSPS) is 13.1. The number of halogens is 1. The first kappa shape index (κ1) is 23.8. The maximum atomic E-state index is 12.2. The van der Waals surface area contributed by atoms with E-state index in [1.165, 1.54) is 0 Å². The molecule has 2 N–H and O–H groups in total. The molecule has 30 heavy (non-hydrogen) atoms. The lowest BCUT2D eigenvalue weighted by Crippen LogP contribution is -2.42. The van der Waals surface area contributed by atoms with Crippen LogP contribution in [0.3, 0.4) is 0 Å². The first-order valence-corrected chi connectivity index (χ1v) is 9.81. The van der Waals surface area contributed by atoms with E-state index in [0.29, 0.717) is 13.1 Å². The summed E-state index contributed by atoms with van der Waals surface area (Å²) in [6, 6.07) is 15.6. The zero-order valence-corrected chi connectivity index (χ0v) is 19.7. The molecule has 1 aliphatic heterocycles. The monoisotopic (exact) mass is 524 g/mol. The molecule has 162 valence electrons. The average Bonchev–Trinajstić information content (AvgIpc) is 2.76. The van der Waals surface area contributed by atoms with Gasteiger partial charge in [-0.25, -0.2) is 0 Å². The third kappa shape index (κ3) is 6.25. The molecule has 1 heterocycles. The molecule has 0 atom stereocenters. The van der Waals surface area contributed by atoms with Gasteiger partial charge in [0.2, 0.25) is 0 Å². The number of methoxy groups -OCH3 is 1. The van der Waals surface area contributed by atoms with Crippen LogP contribution in [0.4, 0.5) is 5.69 Å². The van der Waals surface area contributed by atoms with Gasteiger partial charge in [0.1, 0.15) is 11.5 Å². The number of nitrogens with zero attached hydrogens (tertiary/aromatic N) is 2. The summed E-state index contributed by atoms with van der Waals surface area (Å²) in [6.45, 7) is 2.18. The number of ether oxygens (including phenoxy) is 2. The summed E-state index contributed by atoms with van der Waals surface area (Å²) >= 11 is 0. The fraction of sp³-hybridized carbons (Fsp3) is 0.364. The zero-order chi connectivity index (χ0) is 20.5. The standard InChI is InChI=1S/C22H28N4O3.HI/c1-23-22(25-14-12-17-8-3-5-10-19(17)28-2)24-13-7-15-26-18-9-4-6-11-20(18)29-16-21(26)27;/h3-6,8-11H,7,12-16H2,1-2H3,(H2,23,24,25);1H. The molecule has 7 nitrogen and oxygen atoms in total. The van der Waals surface area contributed by atoms with Gasteiger partial charge < -0.3 is 25.0 Å². The lowest BCUT2D eigenvalue weighted by Gasteiger charge is -2.29. The largest absolute Gasteiger partial charge is 0.496 e. The van der Waals surface area contributed by atoms with E-state index in [0.717, 1.165) is 48.1 Å². The second-order valence-corrected chi connectivity index (χ2v) is 6.64. The lowest BCUT2D eigenvalue weighted by molar-refractivity contribution is -0.121. The Morgan fingerprint density at radius 3 is 2.67 bits per heavy atom. The van der Waals surface area contributed by atoms with Crippen LogP contribution in [0.25, 0.3) is 0 Å². The van der Waals surface area contributed by atoms with E-state index in [-0.39, 0.29) is 36.5 Å². The van der Waals surface area contributed by atoms with Gasteiger partial charge in [-0.3, -0.25) is 9.79 Å². The quantitative estimate of drug-likeness (QED) is 0.241. The minimum atomic E-state index is -0.0111. The van der Waals surface area contributed by atoms with Crippen LogP contribution in [0.5, 0.6) is 11.5 Å². The molecule has 0 bridgehead atoms. The molecule has 0 saturated heterocycles. The van der Waals surface area contributed by atoms with Crippen molar-refractivity contribution < 1.29 is 14.3 Å². The fourth-order valence-corrected chi connectivity index (χ4v) is 3.29. The highest BCUT2D eigenvalue weighted by Gasteiger charge is 2.24. The number of fused-ring (bicyclic) bond motifs is 1. The molecule has 0 aliphatic carbocycles. The Morgan fingerprint density at radius 2 is 1.87 bits per heavy atom. The van der Waals surface area contributed by atoms with Crippen molar-refractivity contribution in [2.24, 2.45) is 4.99 Å². The maximum Gasteiger partial charge on any atom is 0.265 e. The molecule has 0 aromatic heterocycles. The molecule has 8 heteroatoms. The van der Waals surface area contributed by atoms with Crippen LogP contribution in [-0.4, -0.2) is 52.3 Å². The molecule has 0 saturated carbocycles. The molecule has 1 aliphatic rings. The second-order valence-electron chi connectivity index (χ2n) is 6.64. The summed E-state index contributed by atoms with van der Waals surface area (Å²) in [7, 11) is 3.44. The zero-order valence-electron chi connectivity index (χ0n) is 17.4. The van der Waals surface area contributed by atoms with Crippen LogP contribution in [0, 0.1) is 0 Å². The molecular weight excluding hydrogens is 495 g/mol. The van der Waals surface area contributed by atoms with Gasteiger partial charge in [0, 0.05) is 26.7 Å². The highest BCUT2D eigenvalue weighted by Crippen LogP contribution is 2.31. The average molecular weight is 524 g/mol. The number of benzene rings is 2. The molecule has 0 radical (unpaired) electrons. The van der Waals surface area contributed by atoms with Gasteiger partial charge in [-0.15, -0.1) is 24.0 Å². The second kappa shape index (κ2) is 12.3. The van der Waals surface area contributed by atoms with Gasteiger partial charge in [0.25, 0.3) is 5.91 Å². The first-order valence-electron chi connectivity index (χ1n) is 9.81. The van der Waals surface area contributed by atoms with Crippen molar-refractivity contribution in [1.82, 2.24) is 10.6 Å². The van der Waals surface area contributed by atoms with Gasteiger partial charge in [0.15, 0.2) is 12.6 Å². The SMILES string of the molecule is CN=C(NCCCN1C(=O)COc2ccccc21)NCCc1ccccc1OC.I. The number of carbonyl (C=O) groups is 1. The van der Waals surface area contributed by atoms with E-state index in [1.807, 2.05) is 42.5 Å². The molecule has 2 aromatic rings. The number of guanidine groups is 1. The van der Waals surface area contributed by atoms with Gasteiger partial charge >= 0.3 is 0 Å². The number of aliphatic imine (C=N–C) groups is 1. The molecule has 0 unspecified atom stereocenters. The van der Waals surface area contributed by atoms with E-state index in [1.54, 1.807) is 19.1 Å². The lowest BCUT2D eigenvalue weighted by atomic mass is 10.1. The summed E-state index contributed by atoms with van der Waals surface area (Å²) in [4.78, 5) is 18.3. The molecule has 2 aromatic carbocycles. The van der Waals surface area contributed by atoms with Crippen LogP contribution in [-0.2, 0) is 11.2 Å². The topological polar surface area (TPSA) is 75.2 Å². The highest BCUT2D eigenvalue weighted by atomic mass is 127. The van der Waals surface area contributed by atoms with Crippen molar-refractivity contribution in [2.75, 3.05) is 45.3 Å². The molecule has 3 rings (SSSR count). The van der Waals surface area contributed by atoms with E-state index in [4.69, 9.17) is 9.47 Å². The van der Waals surface area contributed by atoms with Crippen molar-refractivity contribution in [1.29, 1.82) is 0 Å². The van der Waals surface area contributed by atoms with Crippen LogP contribution in [0.1, 0.15) is 12.0 Å². The van der Waals surface area contributed by atoms with Gasteiger partial charge in [0.05, 0.1) is 12.8 Å². The number of amides is 1.